The van der Waals surface area contributed by atoms with Gasteiger partial charge in [0.1, 0.15) is 0 Å². The van der Waals surface area contributed by atoms with Crippen LogP contribution in [0.25, 0.3) is 0 Å². The van der Waals surface area contributed by atoms with Crippen LogP contribution in [0.1, 0.15) is 42.1 Å². The van der Waals surface area contributed by atoms with Crippen molar-refractivity contribution in [2.75, 3.05) is 13.6 Å². The number of rotatable bonds is 5. The van der Waals surface area contributed by atoms with E-state index in [1.54, 1.807) is 40.5 Å². The van der Waals surface area contributed by atoms with Gasteiger partial charge >= 0.3 is 0 Å². The van der Waals surface area contributed by atoms with Gasteiger partial charge in [-0.1, -0.05) is 36.8 Å². The van der Waals surface area contributed by atoms with Crippen LogP contribution in [0.2, 0.25) is 0 Å². The van der Waals surface area contributed by atoms with Gasteiger partial charge in [0.25, 0.3) is 5.91 Å². The average molecular weight is 387 g/mol. The predicted octanol–water partition coefficient (Wildman–Crippen LogP) is 3.52. The zero-order valence-corrected chi connectivity index (χ0v) is 16.7. The molecule has 1 atom stereocenters. The van der Waals surface area contributed by atoms with Gasteiger partial charge in [0.2, 0.25) is 10.0 Å². The Labute approximate surface area is 161 Å². The molecule has 1 amide bonds. The van der Waals surface area contributed by atoms with Gasteiger partial charge in [-0.3, -0.25) is 4.79 Å². The lowest BCUT2D eigenvalue weighted by Gasteiger charge is -2.32. The van der Waals surface area contributed by atoms with Gasteiger partial charge in [-0.25, -0.2) is 8.42 Å². The second-order valence-corrected chi connectivity index (χ2v) is 9.02. The van der Waals surface area contributed by atoms with Crippen molar-refractivity contribution in [2.45, 2.75) is 43.7 Å². The third-order valence-electron chi connectivity index (χ3n) is 5.06. The topological polar surface area (TPSA) is 57.7 Å². The first-order valence-corrected chi connectivity index (χ1v) is 10.7. The van der Waals surface area contributed by atoms with E-state index in [9.17, 15) is 13.2 Å². The van der Waals surface area contributed by atoms with Crippen molar-refractivity contribution in [3.8, 4) is 0 Å². The number of hydrogen-bond donors (Lipinski definition) is 0. The Morgan fingerprint density at radius 1 is 1.07 bits per heavy atom. The molecule has 5 nitrogen and oxygen atoms in total. The van der Waals surface area contributed by atoms with Gasteiger partial charge in [0.05, 0.1) is 4.90 Å². The highest BCUT2D eigenvalue weighted by Gasteiger charge is 2.31. The summed E-state index contributed by atoms with van der Waals surface area (Å²) in [6, 6.07) is 16.1. The minimum Gasteiger partial charge on any atom is -0.337 e. The summed E-state index contributed by atoms with van der Waals surface area (Å²) < 4.78 is 27.3. The van der Waals surface area contributed by atoms with Crippen LogP contribution < -0.4 is 0 Å². The second-order valence-electron chi connectivity index (χ2n) is 7.13. The fraction of sp³-hybridized carbons (Fsp3) is 0.381. The first kappa shape index (κ1) is 19.6. The molecule has 0 aromatic heterocycles. The van der Waals surface area contributed by atoms with E-state index < -0.39 is 10.0 Å². The van der Waals surface area contributed by atoms with Crippen molar-refractivity contribution in [3.05, 3.63) is 65.7 Å². The Balaban J connectivity index is 1.73. The van der Waals surface area contributed by atoms with E-state index >= 15 is 0 Å². The van der Waals surface area contributed by atoms with Crippen molar-refractivity contribution < 1.29 is 13.2 Å². The molecule has 1 aliphatic heterocycles. The summed E-state index contributed by atoms with van der Waals surface area (Å²) in [6.07, 6.45) is 2.85. The normalized spacial score (nSPS) is 18.2. The molecule has 0 N–H and O–H groups in total. The number of carbonyl (C=O) groups is 1. The molecule has 1 unspecified atom stereocenters. The largest absolute Gasteiger partial charge is 0.337 e. The number of benzene rings is 2. The summed E-state index contributed by atoms with van der Waals surface area (Å²) in [6.45, 7) is 3.02. The summed E-state index contributed by atoms with van der Waals surface area (Å²) >= 11 is 0. The van der Waals surface area contributed by atoms with Crippen LogP contribution in [0.15, 0.2) is 59.5 Å². The van der Waals surface area contributed by atoms with Gasteiger partial charge in [-0.15, -0.1) is 0 Å². The van der Waals surface area contributed by atoms with Gasteiger partial charge in [-0.2, -0.15) is 4.31 Å². The average Bonchev–Trinajstić information content (AvgIpc) is 2.68. The standard InChI is InChI=1S/C21H26N2O3S/c1-17-8-6-7-15-23(17)27(25,26)20-13-11-19(12-14-20)21(24)22(2)16-18-9-4-3-5-10-18/h3-5,9-14,17H,6-8,15-16H2,1-2H3. The number of carbonyl (C=O) groups excluding carboxylic acids is 1. The van der Waals surface area contributed by atoms with Crippen molar-refractivity contribution in [2.24, 2.45) is 0 Å². The Morgan fingerprint density at radius 2 is 1.74 bits per heavy atom. The first-order chi connectivity index (χ1) is 12.9. The molecule has 1 saturated heterocycles. The van der Waals surface area contributed by atoms with E-state index in [1.165, 1.54) is 0 Å². The molecule has 0 aliphatic carbocycles. The highest BCUT2D eigenvalue weighted by atomic mass is 32.2. The molecule has 1 aliphatic rings. The van der Waals surface area contributed by atoms with Crippen LogP contribution in [-0.4, -0.2) is 43.2 Å². The Kier molecular flexibility index (Phi) is 5.97. The van der Waals surface area contributed by atoms with Crippen molar-refractivity contribution >= 4 is 15.9 Å². The van der Waals surface area contributed by atoms with Gasteiger partial charge in [0.15, 0.2) is 0 Å². The number of nitrogens with zero attached hydrogens (tertiary/aromatic N) is 2. The molecular weight excluding hydrogens is 360 g/mol. The maximum absolute atomic E-state index is 12.9. The molecule has 6 heteroatoms. The van der Waals surface area contributed by atoms with Crippen molar-refractivity contribution in [1.29, 1.82) is 0 Å². The SMILES string of the molecule is CC1CCCCN1S(=O)(=O)c1ccc(C(=O)N(C)Cc2ccccc2)cc1. The van der Waals surface area contributed by atoms with E-state index in [0.29, 0.717) is 18.7 Å². The van der Waals surface area contributed by atoms with E-state index in [4.69, 9.17) is 0 Å². The summed E-state index contributed by atoms with van der Waals surface area (Å²) in [4.78, 5) is 14.5. The molecule has 144 valence electrons. The van der Waals surface area contributed by atoms with Crippen LogP contribution in [0, 0.1) is 0 Å². The first-order valence-electron chi connectivity index (χ1n) is 9.31. The Hall–Kier alpha value is -2.18. The number of piperidine rings is 1. The second kappa shape index (κ2) is 8.23. The third-order valence-corrected chi connectivity index (χ3v) is 7.09. The molecule has 2 aromatic rings. The van der Waals surface area contributed by atoms with E-state index in [-0.39, 0.29) is 16.8 Å². The smallest absolute Gasteiger partial charge is 0.253 e. The van der Waals surface area contributed by atoms with Crippen LogP contribution in [-0.2, 0) is 16.6 Å². The highest BCUT2D eigenvalue weighted by molar-refractivity contribution is 7.89. The molecule has 2 aromatic carbocycles. The molecule has 1 fully saturated rings. The Bertz CT molecular complexity index is 879. The number of sulfonamides is 1. The molecule has 0 bridgehead atoms. The van der Waals surface area contributed by atoms with Crippen LogP contribution >= 0.6 is 0 Å². The van der Waals surface area contributed by atoms with Gasteiger partial charge < -0.3 is 4.90 Å². The van der Waals surface area contributed by atoms with Crippen LogP contribution in [0.4, 0.5) is 0 Å². The van der Waals surface area contributed by atoms with Crippen molar-refractivity contribution in [1.82, 2.24) is 9.21 Å². The summed E-state index contributed by atoms with van der Waals surface area (Å²) in [5, 5.41) is 0. The monoisotopic (exact) mass is 386 g/mol. The van der Waals surface area contributed by atoms with Crippen LogP contribution in [0.5, 0.6) is 0 Å². The molecule has 0 saturated carbocycles. The maximum atomic E-state index is 12.9. The molecule has 0 spiro atoms. The Morgan fingerprint density at radius 3 is 2.37 bits per heavy atom. The van der Waals surface area contributed by atoms with E-state index in [2.05, 4.69) is 0 Å². The zero-order chi connectivity index (χ0) is 19.4. The lowest BCUT2D eigenvalue weighted by molar-refractivity contribution is 0.0785. The zero-order valence-electron chi connectivity index (χ0n) is 15.8. The maximum Gasteiger partial charge on any atom is 0.253 e. The fourth-order valence-corrected chi connectivity index (χ4v) is 5.18. The number of amides is 1. The summed E-state index contributed by atoms with van der Waals surface area (Å²) in [5.74, 6) is -0.130. The lowest BCUT2D eigenvalue weighted by Crippen LogP contribution is -2.41. The number of hydrogen-bond acceptors (Lipinski definition) is 3. The predicted molar refractivity (Wildman–Crippen MR) is 106 cm³/mol. The quantitative estimate of drug-likeness (QED) is 0.790. The van der Waals surface area contributed by atoms with Crippen LogP contribution in [0.3, 0.4) is 0 Å². The van der Waals surface area contributed by atoms with E-state index in [0.717, 1.165) is 24.8 Å². The van der Waals surface area contributed by atoms with E-state index in [1.807, 2.05) is 37.3 Å². The fourth-order valence-electron chi connectivity index (χ4n) is 3.48. The van der Waals surface area contributed by atoms with Gasteiger partial charge in [0, 0.05) is 31.7 Å². The molecular formula is C21H26N2O3S. The molecule has 0 radical (unpaired) electrons. The molecule has 27 heavy (non-hydrogen) atoms. The highest BCUT2D eigenvalue weighted by Crippen LogP contribution is 2.25. The van der Waals surface area contributed by atoms with Gasteiger partial charge in [-0.05, 0) is 49.6 Å². The molecule has 1 heterocycles. The molecule has 3 rings (SSSR count). The third kappa shape index (κ3) is 4.39. The minimum atomic E-state index is -3.51. The summed E-state index contributed by atoms with van der Waals surface area (Å²) in [5.41, 5.74) is 1.53. The lowest BCUT2D eigenvalue weighted by atomic mass is 10.1. The van der Waals surface area contributed by atoms with Crippen molar-refractivity contribution in [3.63, 3.8) is 0 Å². The minimum absolute atomic E-state index is 0.0158. The summed E-state index contributed by atoms with van der Waals surface area (Å²) in [7, 11) is -1.77.